The standard InChI is InChI=1S/C30H19F11O2/c1-4-29(30(39,40)41,14-5-9-16(42-3)10-6-14)15-7-11-17(12-8-15)43-28-26(37)24(35)19(25(36)27(28)38)18-22(33)20(31)13(2)21(32)23(18)34/h5-12H,4H2,1-3H3. The second-order valence-corrected chi connectivity index (χ2v) is 9.33. The van der Waals surface area contributed by atoms with Gasteiger partial charge in [0.05, 0.1) is 18.2 Å². The van der Waals surface area contributed by atoms with Crippen LogP contribution in [-0.2, 0) is 5.41 Å². The number of hydrogen-bond donors (Lipinski definition) is 0. The van der Waals surface area contributed by atoms with Crippen LogP contribution in [0.4, 0.5) is 48.3 Å². The summed E-state index contributed by atoms with van der Waals surface area (Å²) in [5.74, 6) is -20.3. The molecule has 0 amide bonds. The Morgan fingerprint density at radius 2 is 0.930 bits per heavy atom. The first-order valence-corrected chi connectivity index (χ1v) is 12.3. The van der Waals surface area contributed by atoms with Crippen molar-refractivity contribution in [3.63, 3.8) is 0 Å². The summed E-state index contributed by atoms with van der Waals surface area (Å²) in [6.07, 6.45) is -5.31. The molecule has 1 unspecified atom stereocenters. The molecule has 2 nitrogen and oxygen atoms in total. The maximum absolute atomic E-state index is 14.9. The van der Waals surface area contributed by atoms with Crippen LogP contribution in [0.15, 0.2) is 48.5 Å². The number of hydrogen-bond acceptors (Lipinski definition) is 2. The second kappa shape index (κ2) is 11.4. The van der Waals surface area contributed by atoms with Gasteiger partial charge in [-0.3, -0.25) is 0 Å². The van der Waals surface area contributed by atoms with Gasteiger partial charge in [-0.25, -0.2) is 26.3 Å². The summed E-state index contributed by atoms with van der Waals surface area (Å²) >= 11 is 0. The van der Waals surface area contributed by atoms with E-state index in [2.05, 4.69) is 0 Å². The highest BCUT2D eigenvalue weighted by atomic mass is 19.4. The number of halogens is 11. The van der Waals surface area contributed by atoms with Crippen LogP contribution in [0.1, 0.15) is 30.0 Å². The van der Waals surface area contributed by atoms with Gasteiger partial charge >= 0.3 is 6.18 Å². The number of ether oxygens (including phenoxy) is 2. The Balaban J connectivity index is 1.79. The minimum Gasteiger partial charge on any atom is -0.497 e. The topological polar surface area (TPSA) is 18.5 Å². The van der Waals surface area contributed by atoms with Gasteiger partial charge in [-0.1, -0.05) is 31.2 Å². The predicted molar refractivity (Wildman–Crippen MR) is 133 cm³/mol. The minimum absolute atomic E-state index is 0.155. The largest absolute Gasteiger partial charge is 0.497 e. The zero-order chi connectivity index (χ0) is 32.0. The lowest BCUT2D eigenvalue weighted by Gasteiger charge is -2.36. The monoisotopic (exact) mass is 620 g/mol. The fraction of sp³-hybridized carbons (Fsp3) is 0.200. The number of methoxy groups -OCH3 is 1. The van der Waals surface area contributed by atoms with Crippen LogP contribution in [0.25, 0.3) is 11.1 Å². The molecule has 0 fully saturated rings. The SMILES string of the molecule is CCC(c1ccc(OC)cc1)(c1ccc(Oc2c(F)c(F)c(-c3c(F)c(F)c(C)c(F)c3F)c(F)c2F)cc1)C(F)(F)F. The van der Waals surface area contributed by atoms with Gasteiger partial charge in [-0.05, 0) is 48.7 Å². The van der Waals surface area contributed by atoms with Crippen LogP contribution in [0, 0.1) is 53.5 Å². The Morgan fingerprint density at radius 1 is 0.558 bits per heavy atom. The first kappa shape index (κ1) is 31.6. The Morgan fingerprint density at radius 3 is 1.28 bits per heavy atom. The maximum Gasteiger partial charge on any atom is 0.402 e. The summed E-state index contributed by atoms with van der Waals surface area (Å²) in [4.78, 5) is 0. The van der Waals surface area contributed by atoms with Gasteiger partial charge in [0.15, 0.2) is 34.9 Å². The van der Waals surface area contributed by atoms with Gasteiger partial charge in [-0.2, -0.15) is 22.0 Å². The number of benzene rings is 4. The van der Waals surface area contributed by atoms with Crippen LogP contribution in [0.5, 0.6) is 17.2 Å². The van der Waals surface area contributed by atoms with Gasteiger partial charge in [0.25, 0.3) is 0 Å². The van der Waals surface area contributed by atoms with Crippen molar-refractivity contribution < 1.29 is 57.8 Å². The molecule has 0 aromatic heterocycles. The van der Waals surface area contributed by atoms with E-state index < -0.39 is 92.7 Å². The van der Waals surface area contributed by atoms with E-state index in [0.29, 0.717) is 12.7 Å². The molecule has 0 saturated heterocycles. The molecule has 0 aliphatic heterocycles. The van der Waals surface area contributed by atoms with E-state index in [9.17, 15) is 48.3 Å². The van der Waals surface area contributed by atoms with Crippen LogP contribution in [-0.4, -0.2) is 13.3 Å². The van der Waals surface area contributed by atoms with Crippen molar-refractivity contribution in [3.8, 4) is 28.4 Å². The van der Waals surface area contributed by atoms with E-state index >= 15 is 0 Å². The van der Waals surface area contributed by atoms with Crippen molar-refractivity contribution >= 4 is 0 Å². The molecule has 0 N–H and O–H groups in total. The van der Waals surface area contributed by atoms with Crippen LogP contribution in [0.3, 0.4) is 0 Å². The maximum atomic E-state index is 14.9. The fourth-order valence-electron chi connectivity index (χ4n) is 4.79. The third-order valence-electron chi connectivity index (χ3n) is 7.12. The molecule has 0 spiro atoms. The molecule has 4 rings (SSSR count). The smallest absolute Gasteiger partial charge is 0.402 e. The fourth-order valence-corrected chi connectivity index (χ4v) is 4.79. The molecule has 0 heterocycles. The van der Waals surface area contributed by atoms with E-state index in [4.69, 9.17) is 9.47 Å². The minimum atomic E-state index is -4.83. The van der Waals surface area contributed by atoms with E-state index in [-0.39, 0.29) is 11.1 Å². The zero-order valence-corrected chi connectivity index (χ0v) is 22.3. The lowest BCUT2D eigenvalue weighted by Crippen LogP contribution is -2.42. The zero-order valence-electron chi connectivity index (χ0n) is 22.3. The molecule has 4 aromatic carbocycles. The first-order chi connectivity index (χ1) is 20.1. The number of alkyl halides is 3. The Kier molecular flexibility index (Phi) is 8.40. The first-order valence-electron chi connectivity index (χ1n) is 12.3. The van der Waals surface area contributed by atoms with E-state index in [1.807, 2.05) is 0 Å². The van der Waals surface area contributed by atoms with Crippen LogP contribution >= 0.6 is 0 Å². The summed E-state index contributed by atoms with van der Waals surface area (Å²) in [5, 5.41) is 0. The molecule has 0 saturated carbocycles. The van der Waals surface area contributed by atoms with Crippen LogP contribution < -0.4 is 9.47 Å². The third kappa shape index (κ3) is 5.04. The summed E-state index contributed by atoms with van der Waals surface area (Å²) < 4.78 is 170. The van der Waals surface area contributed by atoms with E-state index in [0.717, 1.165) is 24.3 Å². The van der Waals surface area contributed by atoms with E-state index in [1.54, 1.807) is 0 Å². The van der Waals surface area contributed by atoms with Crippen molar-refractivity contribution in [3.05, 3.63) is 112 Å². The Hall–Kier alpha value is -4.29. The molecular weight excluding hydrogens is 601 g/mol. The molecule has 0 radical (unpaired) electrons. The van der Waals surface area contributed by atoms with Crippen molar-refractivity contribution in [2.45, 2.75) is 31.9 Å². The van der Waals surface area contributed by atoms with Gasteiger partial charge in [0.2, 0.25) is 17.4 Å². The van der Waals surface area contributed by atoms with Crippen molar-refractivity contribution in [1.82, 2.24) is 0 Å². The van der Waals surface area contributed by atoms with Crippen molar-refractivity contribution in [2.75, 3.05) is 7.11 Å². The average Bonchev–Trinajstić information content (AvgIpc) is 2.99. The van der Waals surface area contributed by atoms with Crippen molar-refractivity contribution in [2.24, 2.45) is 0 Å². The third-order valence-corrected chi connectivity index (χ3v) is 7.12. The molecule has 0 aliphatic rings. The average molecular weight is 620 g/mol. The molecule has 0 aliphatic carbocycles. The summed E-state index contributed by atoms with van der Waals surface area (Å²) in [6, 6.07) is 8.65. The quantitative estimate of drug-likeness (QED) is 0.151. The highest BCUT2D eigenvalue weighted by Gasteiger charge is 2.55. The summed E-state index contributed by atoms with van der Waals surface area (Å²) in [6.45, 7) is 1.91. The molecule has 4 aromatic rings. The molecule has 228 valence electrons. The normalized spacial score (nSPS) is 13.2. The molecule has 1 atom stereocenters. The second-order valence-electron chi connectivity index (χ2n) is 9.33. The van der Waals surface area contributed by atoms with Gasteiger partial charge in [-0.15, -0.1) is 0 Å². The molecular formula is C30H19F11O2. The van der Waals surface area contributed by atoms with E-state index in [1.165, 1.54) is 38.3 Å². The highest BCUT2D eigenvalue weighted by Crippen LogP contribution is 2.49. The Bertz CT molecular complexity index is 1620. The van der Waals surface area contributed by atoms with Gasteiger partial charge < -0.3 is 9.47 Å². The molecule has 0 bridgehead atoms. The predicted octanol–water partition coefficient (Wildman–Crippen LogP) is 9.83. The Labute approximate surface area is 237 Å². The van der Waals surface area contributed by atoms with Gasteiger partial charge in [0.1, 0.15) is 16.9 Å². The lowest BCUT2D eigenvalue weighted by atomic mass is 9.72. The van der Waals surface area contributed by atoms with Crippen LogP contribution in [0.2, 0.25) is 0 Å². The summed E-state index contributed by atoms with van der Waals surface area (Å²) in [5.41, 5.74) is -8.33. The number of rotatable bonds is 7. The molecule has 43 heavy (non-hydrogen) atoms. The van der Waals surface area contributed by atoms with Gasteiger partial charge in [0, 0.05) is 5.56 Å². The summed E-state index contributed by atoms with van der Waals surface area (Å²) in [7, 11) is 1.33. The lowest BCUT2D eigenvalue weighted by molar-refractivity contribution is -0.179. The molecule has 13 heteroatoms. The van der Waals surface area contributed by atoms with Crippen molar-refractivity contribution in [1.29, 1.82) is 0 Å². The highest BCUT2D eigenvalue weighted by molar-refractivity contribution is 5.69.